The summed E-state index contributed by atoms with van der Waals surface area (Å²) in [4.78, 5) is 17.0. The highest BCUT2D eigenvalue weighted by Crippen LogP contribution is 2.41. The number of alkyl halides is 1. The van der Waals surface area contributed by atoms with E-state index in [9.17, 15) is 9.18 Å². The maximum atomic E-state index is 14.7. The molecule has 0 aliphatic heterocycles. The lowest BCUT2D eigenvalue weighted by Gasteiger charge is -2.15. The van der Waals surface area contributed by atoms with Gasteiger partial charge >= 0.3 is 0 Å². The number of nitrogens with one attached hydrogen (secondary N) is 1. The van der Waals surface area contributed by atoms with Crippen molar-refractivity contribution < 1.29 is 13.9 Å². The van der Waals surface area contributed by atoms with E-state index in [4.69, 9.17) is 27.9 Å². The van der Waals surface area contributed by atoms with Gasteiger partial charge in [-0.25, -0.2) is 4.39 Å². The summed E-state index contributed by atoms with van der Waals surface area (Å²) in [6.45, 7) is -0.258. The topological polar surface area (TPSA) is 51.2 Å². The van der Waals surface area contributed by atoms with E-state index in [1.807, 2.05) is 18.2 Å². The molecule has 4 rings (SSSR count). The third-order valence-corrected chi connectivity index (χ3v) is 6.13. The lowest BCUT2D eigenvalue weighted by molar-refractivity contribution is 0.0938. The minimum absolute atomic E-state index is 0.207. The molecule has 1 aliphatic rings. The number of hydrogen-bond donors (Lipinski definition) is 1. The van der Waals surface area contributed by atoms with Crippen molar-refractivity contribution in [1.82, 2.24) is 10.3 Å². The Kier molecular flexibility index (Phi) is 6.80. The summed E-state index contributed by atoms with van der Waals surface area (Å²) in [6.07, 6.45) is 3.82. The zero-order valence-corrected chi connectivity index (χ0v) is 19.3. The van der Waals surface area contributed by atoms with Gasteiger partial charge < -0.3 is 10.1 Å². The summed E-state index contributed by atoms with van der Waals surface area (Å²) in [5, 5.41) is 3.22. The van der Waals surface area contributed by atoms with Gasteiger partial charge in [-0.05, 0) is 64.5 Å². The fourth-order valence-corrected chi connectivity index (χ4v) is 4.25. The van der Waals surface area contributed by atoms with Crippen molar-refractivity contribution >= 4 is 45.0 Å². The number of aromatic nitrogens is 1. The van der Waals surface area contributed by atoms with Crippen molar-refractivity contribution in [3.8, 4) is 11.5 Å². The summed E-state index contributed by atoms with van der Waals surface area (Å²) in [7, 11) is 0. The molecule has 1 saturated carbocycles. The molecule has 8 heteroatoms. The lowest BCUT2D eigenvalue weighted by atomic mass is 10.1. The van der Waals surface area contributed by atoms with Crippen molar-refractivity contribution in [2.45, 2.75) is 24.9 Å². The van der Waals surface area contributed by atoms with E-state index >= 15 is 0 Å². The zero-order chi connectivity index (χ0) is 22.0. The van der Waals surface area contributed by atoms with Gasteiger partial charge in [0.2, 0.25) is 0 Å². The second-order valence-corrected chi connectivity index (χ2v) is 8.98. The number of halogens is 4. The van der Waals surface area contributed by atoms with Crippen LogP contribution in [0.2, 0.25) is 10.0 Å². The molecule has 1 fully saturated rings. The highest BCUT2D eigenvalue weighted by molar-refractivity contribution is 9.10. The Bertz CT molecular complexity index is 1120. The van der Waals surface area contributed by atoms with E-state index in [2.05, 4.69) is 32.3 Å². The first kappa shape index (κ1) is 22.1. The van der Waals surface area contributed by atoms with Crippen molar-refractivity contribution in [2.24, 2.45) is 0 Å². The molecule has 1 N–H and O–H groups in total. The van der Waals surface area contributed by atoms with Crippen LogP contribution in [-0.2, 0) is 0 Å². The molecule has 1 amide bonds. The molecular formula is C23H18BrCl2FN2O2. The molecule has 3 aromatic rings. The van der Waals surface area contributed by atoms with Gasteiger partial charge in [0.15, 0.2) is 5.75 Å². The first-order chi connectivity index (χ1) is 14.9. The van der Waals surface area contributed by atoms with Gasteiger partial charge in [0.1, 0.15) is 11.9 Å². The molecule has 0 radical (unpaired) electrons. The molecule has 2 aromatic carbocycles. The number of nitrogens with zero attached hydrogens (tertiary/aromatic N) is 1. The van der Waals surface area contributed by atoms with Crippen LogP contribution in [0.15, 0.2) is 59.3 Å². The van der Waals surface area contributed by atoms with Crippen LogP contribution < -0.4 is 10.1 Å². The van der Waals surface area contributed by atoms with Gasteiger partial charge in [0.25, 0.3) is 5.91 Å². The van der Waals surface area contributed by atoms with Gasteiger partial charge in [-0.15, -0.1) is 0 Å². The maximum absolute atomic E-state index is 14.7. The van der Waals surface area contributed by atoms with Crippen molar-refractivity contribution in [3.63, 3.8) is 0 Å². The Labute approximate surface area is 197 Å². The molecule has 1 atom stereocenters. The van der Waals surface area contributed by atoms with Crippen LogP contribution >= 0.6 is 39.1 Å². The molecule has 160 valence electrons. The monoisotopic (exact) mass is 522 g/mol. The van der Waals surface area contributed by atoms with Gasteiger partial charge in [-0.3, -0.25) is 9.78 Å². The molecule has 0 spiro atoms. The van der Waals surface area contributed by atoms with Crippen LogP contribution in [0.1, 0.15) is 46.4 Å². The van der Waals surface area contributed by atoms with E-state index in [1.165, 1.54) is 42.9 Å². The normalized spacial score (nSPS) is 14.2. The van der Waals surface area contributed by atoms with Crippen LogP contribution in [-0.4, -0.2) is 17.4 Å². The standard InChI is InChI=1S/C23H18BrCl2FN2O2/c24-18-10-28-12-21(31-16-3-1-2-14(8-16)13-4-5-13)22(18)23(30)29-11-20(27)17-7-6-15(25)9-19(17)26/h1-3,6-10,12-13,20H,4-5,11H2,(H,29,30). The number of amides is 1. The van der Waals surface area contributed by atoms with Crippen molar-refractivity contribution in [3.05, 3.63) is 86.1 Å². The average molecular weight is 524 g/mol. The molecule has 4 nitrogen and oxygen atoms in total. The number of ether oxygens (including phenoxy) is 1. The third-order valence-electron chi connectivity index (χ3n) is 4.97. The summed E-state index contributed by atoms with van der Waals surface area (Å²) in [5.41, 5.74) is 1.71. The minimum atomic E-state index is -1.49. The largest absolute Gasteiger partial charge is 0.455 e. The first-order valence-corrected chi connectivity index (χ1v) is 11.3. The molecule has 1 unspecified atom stereocenters. The van der Waals surface area contributed by atoms with Gasteiger partial charge in [-0.1, -0.05) is 41.4 Å². The third kappa shape index (κ3) is 5.37. The first-order valence-electron chi connectivity index (χ1n) is 9.71. The molecular weight excluding hydrogens is 506 g/mol. The van der Waals surface area contributed by atoms with Crippen molar-refractivity contribution in [1.29, 1.82) is 0 Å². The summed E-state index contributed by atoms with van der Waals surface area (Å²) < 4.78 is 21.1. The zero-order valence-electron chi connectivity index (χ0n) is 16.2. The summed E-state index contributed by atoms with van der Waals surface area (Å²) in [5.74, 6) is 0.984. The number of carbonyl (C=O) groups excluding carboxylic acids is 1. The second-order valence-electron chi connectivity index (χ2n) is 7.29. The van der Waals surface area contributed by atoms with E-state index in [1.54, 1.807) is 6.07 Å². The molecule has 0 saturated heterocycles. The molecule has 1 aromatic heterocycles. The Morgan fingerprint density at radius 2 is 2.03 bits per heavy atom. The lowest BCUT2D eigenvalue weighted by Crippen LogP contribution is -2.28. The number of carbonyl (C=O) groups is 1. The predicted octanol–water partition coefficient (Wildman–Crippen LogP) is 7.26. The quantitative estimate of drug-likeness (QED) is 0.354. The fourth-order valence-electron chi connectivity index (χ4n) is 3.23. The number of hydrogen-bond acceptors (Lipinski definition) is 3. The van der Waals surface area contributed by atoms with E-state index in [-0.39, 0.29) is 28.4 Å². The molecule has 1 heterocycles. The van der Waals surface area contributed by atoms with E-state index in [0.29, 0.717) is 21.2 Å². The van der Waals surface area contributed by atoms with Gasteiger partial charge in [-0.2, -0.15) is 0 Å². The molecule has 1 aliphatic carbocycles. The number of rotatable bonds is 7. The Morgan fingerprint density at radius 3 is 2.77 bits per heavy atom. The number of benzene rings is 2. The SMILES string of the molecule is O=C(NCC(F)c1ccc(Cl)cc1Cl)c1c(Br)cncc1Oc1cccc(C2CC2)c1. The molecule has 31 heavy (non-hydrogen) atoms. The Hall–Kier alpha value is -2.15. The van der Waals surface area contributed by atoms with Crippen LogP contribution in [0.25, 0.3) is 0 Å². The smallest absolute Gasteiger partial charge is 0.256 e. The summed E-state index contributed by atoms with van der Waals surface area (Å²) >= 11 is 15.3. The van der Waals surface area contributed by atoms with Crippen LogP contribution in [0.4, 0.5) is 4.39 Å². The fraction of sp³-hybridized carbons (Fsp3) is 0.217. The van der Waals surface area contributed by atoms with Crippen molar-refractivity contribution in [2.75, 3.05) is 6.54 Å². The van der Waals surface area contributed by atoms with E-state index < -0.39 is 12.1 Å². The van der Waals surface area contributed by atoms with Crippen LogP contribution in [0, 0.1) is 0 Å². The maximum Gasteiger partial charge on any atom is 0.256 e. The highest BCUT2D eigenvalue weighted by atomic mass is 79.9. The predicted molar refractivity (Wildman–Crippen MR) is 123 cm³/mol. The minimum Gasteiger partial charge on any atom is -0.455 e. The summed E-state index contributed by atoms with van der Waals surface area (Å²) in [6, 6.07) is 12.3. The average Bonchev–Trinajstić information content (AvgIpc) is 3.58. The Balaban J connectivity index is 1.49. The van der Waals surface area contributed by atoms with Crippen LogP contribution in [0.3, 0.4) is 0 Å². The van der Waals surface area contributed by atoms with Gasteiger partial charge in [0, 0.05) is 21.8 Å². The van der Waals surface area contributed by atoms with Gasteiger partial charge in [0.05, 0.1) is 22.8 Å². The second kappa shape index (κ2) is 9.55. The molecule has 0 bridgehead atoms. The highest BCUT2D eigenvalue weighted by Gasteiger charge is 2.24. The number of pyridine rings is 1. The van der Waals surface area contributed by atoms with Crippen LogP contribution in [0.5, 0.6) is 11.5 Å². The van der Waals surface area contributed by atoms with E-state index in [0.717, 1.165) is 0 Å². The Morgan fingerprint density at radius 1 is 1.23 bits per heavy atom.